The normalized spacial score (nSPS) is 13.9. The molecule has 0 aliphatic heterocycles. The van der Waals surface area contributed by atoms with E-state index >= 15 is 0 Å². The Kier molecular flexibility index (Phi) is 5.47. The molecule has 0 aliphatic rings. The number of carbonyl (C=O) groups is 2. The molecule has 0 aliphatic carbocycles. The Morgan fingerprint density at radius 2 is 2.05 bits per heavy atom. The lowest BCUT2D eigenvalue weighted by atomic mass is 10.0. The molecule has 1 rings (SSSR count). The molecule has 3 N–H and O–H groups in total. The van der Waals surface area contributed by atoms with E-state index in [0.29, 0.717) is 17.9 Å². The number of aliphatic hydroxyl groups excluding tert-OH is 1. The van der Waals surface area contributed by atoms with Gasteiger partial charge in [0.2, 0.25) is 0 Å². The second-order valence-electron chi connectivity index (χ2n) is 4.81. The summed E-state index contributed by atoms with van der Waals surface area (Å²) in [7, 11) is 0. The van der Waals surface area contributed by atoms with Gasteiger partial charge in [0, 0.05) is 17.0 Å². The van der Waals surface area contributed by atoms with Crippen molar-refractivity contribution in [1.82, 2.24) is 4.57 Å². The van der Waals surface area contributed by atoms with E-state index in [0.717, 1.165) is 5.69 Å². The number of nitrogens with zero attached hydrogens (tertiary/aromatic N) is 1. The number of aliphatic hydroxyl groups is 1. The van der Waals surface area contributed by atoms with Crippen molar-refractivity contribution >= 4 is 11.8 Å². The minimum atomic E-state index is -0.966. The Balaban J connectivity index is 3.03. The summed E-state index contributed by atoms with van der Waals surface area (Å²) in [6.07, 6.45) is -0.921. The van der Waals surface area contributed by atoms with Gasteiger partial charge in [-0.1, -0.05) is 0 Å². The fourth-order valence-corrected chi connectivity index (χ4v) is 2.03. The van der Waals surface area contributed by atoms with Crippen LogP contribution in [0.5, 0.6) is 0 Å². The number of aromatic nitrogens is 1. The van der Waals surface area contributed by atoms with Crippen molar-refractivity contribution < 1.29 is 19.4 Å². The third-order valence-corrected chi connectivity index (χ3v) is 3.25. The van der Waals surface area contributed by atoms with Gasteiger partial charge in [-0.3, -0.25) is 9.59 Å². The zero-order valence-electron chi connectivity index (χ0n) is 12.3. The van der Waals surface area contributed by atoms with E-state index in [2.05, 4.69) is 0 Å². The second kappa shape index (κ2) is 6.67. The van der Waals surface area contributed by atoms with Crippen LogP contribution < -0.4 is 5.73 Å². The number of hydrogen-bond donors (Lipinski definition) is 2. The van der Waals surface area contributed by atoms with Crippen LogP contribution in [-0.2, 0) is 16.1 Å². The number of nitrogens with two attached hydrogens (primary N) is 1. The van der Waals surface area contributed by atoms with E-state index in [-0.39, 0.29) is 18.3 Å². The van der Waals surface area contributed by atoms with Crippen LogP contribution in [-0.4, -0.2) is 40.2 Å². The van der Waals surface area contributed by atoms with Gasteiger partial charge in [0.25, 0.3) is 0 Å². The molecule has 1 aromatic heterocycles. The monoisotopic (exact) mass is 282 g/mol. The number of ketones is 1. The van der Waals surface area contributed by atoms with Gasteiger partial charge in [-0.15, -0.1) is 0 Å². The van der Waals surface area contributed by atoms with Gasteiger partial charge in [-0.05, 0) is 33.8 Å². The van der Waals surface area contributed by atoms with Crippen LogP contribution in [0.25, 0.3) is 0 Å². The minimum Gasteiger partial charge on any atom is -0.465 e. The van der Waals surface area contributed by atoms with Gasteiger partial charge in [0.1, 0.15) is 6.54 Å². The van der Waals surface area contributed by atoms with Crippen molar-refractivity contribution in [2.24, 2.45) is 5.73 Å². The quantitative estimate of drug-likeness (QED) is 0.587. The summed E-state index contributed by atoms with van der Waals surface area (Å²) in [6, 6.07) is 0.714. The zero-order valence-corrected chi connectivity index (χ0v) is 12.3. The summed E-state index contributed by atoms with van der Waals surface area (Å²) < 4.78 is 6.61. The number of carbonyl (C=O) groups excluding carboxylic acids is 2. The Hall–Kier alpha value is -1.66. The number of aryl methyl sites for hydroxylation is 1. The lowest BCUT2D eigenvalue weighted by molar-refractivity contribution is -0.143. The Labute approximate surface area is 118 Å². The molecule has 0 fully saturated rings. The number of ether oxygens (including phenoxy) is 1. The van der Waals surface area contributed by atoms with Crippen LogP contribution in [0.15, 0.2) is 6.07 Å². The molecule has 2 unspecified atom stereocenters. The van der Waals surface area contributed by atoms with E-state index < -0.39 is 12.1 Å². The highest BCUT2D eigenvalue weighted by Gasteiger charge is 2.25. The predicted octanol–water partition coefficient (Wildman–Crippen LogP) is 0.559. The molecule has 6 heteroatoms. The molecule has 6 nitrogen and oxygen atoms in total. The molecule has 0 radical (unpaired) electrons. The highest BCUT2D eigenvalue weighted by molar-refractivity contribution is 6.01. The van der Waals surface area contributed by atoms with Crippen molar-refractivity contribution in [1.29, 1.82) is 0 Å². The lowest BCUT2D eigenvalue weighted by Crippen LogP contribution is -2.40. The number of Topliss-reactive ketones (excluding diaryl/α,β-unsaturated/α-hetero) is 1. The van der Waals surface area contributed by atoms with Crippen molar-refractivity contribution in [2.75, 3.05) is 6.61 Å². The number of esters is 1. The van der Waals surface area contributed by atoms with Gasteiger partial charge < -0.3 is 20.1 Å². The molecular formula is C14H22N2O4. The average molecular weight is 282 g/mol. The predicted molar refractivity (Wildman–Crippen MR) is 74.5 cm³/mol. The molecule has 0 bridgehead atoms. The average Bonchev–Trinajstić information content (AvgIpc) is 2.65. The first kappa shape index (κ1) is 16.4. The Morgan fingerprint density at radius 3 is 2.55 bits per heavy atom. The van der Waals surface area contributed by atoms with E-state index in [4.69, 9.17) is 10.5 Å². The van der Waals surface area contributed by atoms with Crippen molar-refractivity contribution in [2.45, 2.75) is 46.4 Å². The van der Waals surface area contributed by atoms with Crippen LogP contribution in [0.4, 0.5) is 0 Å². The third kappa shape index (κ3) is 3.46. The van der Waals surface area contributed by atoms with Gasteiger partial charge >= 0.3 is 5.97 Å². The molecule has 1 heterocycles. The molecule has 0 spiro atoms. The smallest absolute Gasteiger partial charge is 0.325 e. The molecule has 1 aromatic rings. The molecule has 2 atom stereocenters. The number of hydrogen-bond acceptors (Lipinski definition) is 5. The van der Waals surface area contributed by atoms with Crippen LogP contribution in [0.1, 0.15) is 35.6 Å². The largest absolute Gasteiger partial charge is 0.465 e. The fraction of sp³-hybridized carbons (Fsp3) is 0.571. The van der Waals surface area contributed by atoms with Crippen molar-refractivity contribution in [3.63, 3.8) is 0 Å². The van der Waals surface area contributed by atoms with Gasteiger partial charge in [0.05, 0.1) is 18.8 Å². The van der Waals surface area contributed by atoms with Crippen LogP contribution in [0.3, 0.4) is 0 Å². The summed E-state index contributed by atoms with van der Waals surface area (Å²) in [5.41, 5.74) is 7.52. The topological polar surface area (TPSA) is 94.5 Å². The molecule has 0 saturated carbocycles. The van der Waals surface area contributed by atoms with Crippen LogP contribution >= 0.6 is 0 Å². The second-order valence-corrected chi connectivity index (χ2v) is 4.81. The Bertz CT molecular complexity index is 506. The maximum atomic E-state index is 12.2. The molecule has 0 saturated heterocycles. The summed E-state index contributed by atoms with van der Waals surface area (Å²) in [4.78, 5) is 23.7. The minimum absolute atomic E-state index is 0.0582. The highest BCUT2D eigenvalue weighted by atomic mass is 16.5. The summed E-state index contributed by atoms with van der Waals surface area (Å²) in [5.74, 6) is -0.684. The molecular weight excluding hydrogens is 260 g/mol. The van der Waals surface area contributed by atoms with E-state index in [1.165, 1.54) is 6.92 Å². The summed E-state index contributed by atoms with van der Waals surface area (Å²) in [5, 5.41) is 9.41. The van der Waals surface area contributed by atoms with E-state index in [9.17, 15) is 14.7 Å². The van der Waals surface area contributed by atoms with E-state index in [1.54, 1.807) is 31.4 Å². The van der Waals surface area contributed by atoms with E-state index in [1.807, 2.05) is 0 Å². The lowest BCUT2D eigenvalue weighted by Gasteiger charge is -2.13. The van der Waals surface area contributed by atoms with Gasteiger partial charge in [0.15, 0.2) is 5.78 Å². The standard InChI is InChI=1S/C14H22N2O4/c1-5-20-12(18)7-16-8(2)6-11(9(16)3)14(19)13(15)10(4)17/h6,10,13,17H,5,7,15H2,1-4H3. The highest BCUT2D eigenvalue weighted by Crippen LogP contribution is 2.17. The van der Waals surface area contributed by atoms with Crippen molar-refractivity contribution in [3.05, 3.63) is 23.0 Å². The maximum Gasteiger partial charge on any atom is 0.325 e. The van der Waals surface area contributed by atoms with Gasteiger partial charge in [-0.25, -0.2) is 0 Å². The molecule has 112 valence electrons. The maximum absolute atomic E-state index is 12.2. The molecule has 20 heavy (non-hydrogen) atoms. The fourth-order valence-electron chi connectivity index (χ4n) is 2.03. The summed E-state index contributed by atoms with van der Waals surface area (Å²) >= 11 is 0. The van der Waals surface area contributed by atoms with Crippen LogP contribution in [0.2, 0.25) is 0 Å². The first-order valence-electron chi connectivity index (χ1n) is 6.59. The first-order chi connectivity index (χ1) is 9.29. The third-order valence-electron chi connectivity index (χ3n) is 3.25. The Morgan fingerprint density at radius 1 is 1.45 bits per heavy atom. The first-order valence-corrected chi connectivity index (χ1v) is 6.59. The van der Waals surface area contributed by atoms with Crippen LogP contribution in [0, 0.1) is 13.8 Å². The van der Waals surface area contributed by atoms with Gasteiger partial charge in [-0.2, -0.15) is 0 Å². The number of rotatable bonds is 6. The summed E-state index contributed by atoms with van der Waals surface area (Å²) in [6.45, 7) is 7.13. The van der Waals surface area contributed by atoms with Crippen molar-refractivity contribution in [3.8, 4) is 0 Å². The zero-order chi connectivity index (χ0) is 15.4. The molecule has 0 amide bonds. The SMILES string of the molecule is CCOC(=O)Cn1c(C)cc(C(=O)C(N)C(C)O)c1C. The molecule has 0 aromatic carbocycles.